The highest BCUT2D eigenvalue weighted by Gasteiger charge is 2.40. The van der Waals surface area contributed by atoms with Gasteiger partial charge in [-0.2, -0.15) is 0 Å². The van der Waals surface area contributed by atoms with E-state index in [2.05, 4.69) is 0 Å². The van der Waals surface area contributed by atoms with Gasteiger partial charge in [-0.05, 0) is 43.0 Å². The van der Waals surface area contributed by atoms with Crippen LogP contribution in [0.4, 0.5) is 0 Å². The normalized spacial score (nSPS) is 16.8. The number of carbonyl (C=O) groups is 2. The first kappa shape index (κ1) is 15.5. The van der Waals surface area contributed by atoms with Crippen LogP contribution in [0.1, 0.15) is 38.2 Å². The predicted molar refractivity (Wildman–Crippen MR) is 89.3 cm³/mol. The molecular formula is C19H21NO3. The highest BCUT2D eigenvalue weighted by atomic mass is 16.4. The third-order valence-corrected chi connectivity index (χ3v) is 4.61. The Morgan fingerprint density at radius 3 is 2.35 bits per heavy atom. The van der Waals surface area contributed by atoms with Crippen LogP contribution >= 0.6 is 0 Å². The first-order valence-corrected chi connectivity index (χ1v) is 8.02. The molecule has 1 N–H and O–H groups in total. The molecule has 1 aliphatic carbocycles. The number of fused-ring (bicyclic) bond motifs is 1. The molecule has 2 unspecified atom stereocenters. The van der Waals surface area contributed by atoms with Crippen LogP contribution in [0, 0.1) is 0 Å². The van der Waals surface area contributed by atoms with Crippen molar-refractivity contribution < 1.29 is 14.7 Å². The second-order valence-electron chi connectivity index (χ2n) is 6.32. The molecule has 2 aromatic rings. The number of hydrogen-bond acceptors (Lipinski definition) is 2. The lowest BCUT2D eigenvalue weighted by Crippen LogP contribution is -2.46. The first-order chi connectivity index (χ1) is 11.0. The zero-order valence-electron chi connectivity index (χ0n) is 13.4. The topological polar surface area (TPSA) is 57.6 Å². The van der Waals surface area contributed by atoms with Crippen molar-refractivity contribution >= 4 is 22.6 Å². The molecule has 3 rings (SSSR count). The lowest BCUT2D eigenvalue weighted by atomic mass is 9.96. The van der Waals surface area contributed by atoms with Gasteiger partial charge in [-0.3, -0.25) is 4.79 Å². The molecule has 0 radical (unpaired) electrons. The molecular weight excluding hydrogens is 290 g/mol. The molecule has 4 heteroatoms. The lowest BCUT2D eigenvalue weighted by molar-refractivity contribution is -0.150. The predicted octanol–water partition coefficient (Wildman–Crippen LogP) is 3.41. The van der Waals surface area contributed by atoms with Gasteiger partial charge in [0.05, 0.1) is 5.92 Å². The zero-order chi connectivity index (χ0) is 16.6. The smallest absolute Gasteiger partial charge is 0.326 e. The largest absolute Gasteiger partial charge is 0.480 e. The van der Waals surface area contributed by atoms with Crippen molar-refractivity contribution in [2.24, 2.45) is 0 Å². The summed E-state index contributed by atoms with van der Waals surface area (Å²) in [5, 5.41) is 11.5. The van der Waals surface area contributed by atoms with Gasteiger partial charge in [0.1, 0.15) is 6.04 Å². The van der Waals surface area contributed by atoms with Gasteiger partial charge in [0.25, 0.3) is 0 Å². The van der Waals surface area contributed by atoms with Crippen LogP contribution in [0.2, 0.25) is 0 Å². The number of amides is 1. The summed E-state index contributed by atoms with van der Waals surface area (Å²) in [6.07, 6.45) is 1.79. The molecule has 4 nitrogen and oxygen atoms in total. The van der Waals surface area contributed by atoms with Crippen LogP contribution in [-0.2, 0) is 9.59 Å². The summed E-state index contributed by atoms with van der Waals surface area (Å²) in [6, 6.07) is 13.3. The van der Waals surface area contributed by atoms with Gasteiger partial charge in [0.15, 0.2) is 0 Å². The van der Waals surface area contributed by atoms with Crippen LogP contribution in [0.5, 0.6) is 0 Å². The molecule has 1 saturated carbocycles. The highest BCUT2D eigenvalue weighted by Crippen LogP contribution is 2.32. The van der Waals surface area contributed by atoms with E-state index in [1.165, 1.54) is 0 Å². The summed E-state index contributed by atoms with van der Waals surface area (Å²) in [5.41, 5.74) is 0.928. The van der Waals surface area contributed by atoms with Crippen LogP contribution in [0.15, 0.2) is 42.5 Å². The van der Waals surface area contributed by atoms with E-state index in [9.17, 15) is 14.7 Å². The Morgan fingerprint density at radius 2 is 1.74 bits per heavy atom. The van der Waals surface area contributed by atoms with Crippen LogP contribution in [-0.4, -0.2) is 34.0 Å². The number of carbonyl (C=O) groups excluding carboxylic acids is 1. The van der Waals surface area contributed by atoms with Gasteiger partial charge in [-0.15, -0.1) is 0 Å². The fraction of sp³-hybridized carbons (Fsp3) is 0.368. The Labute approximate surface area is 135 Å². The minimum Gasteiger partial charge on any atom is -0.480 e. The molecule has 23 heavy (non-hydrogen) atoms. The van der Waals surface area contributed by atoms with Crippen LogP contribution < -0.4 is 0 Å². The van der Waals surface area contributed by atoms with E-state index < -0.39 is 12.0 Å². The standard InChI is InChI=1S/C19H21NO3/c1-12(15-8-7-14-5-3-4-6-16(14)11-15)18(21)20(17-9-10-17)13(2)19(22)23/h3-8,11-13,17H,9-10H2,1-2H3,(H,22,23). The van der Waals surface area contributed by atoms with Gasteiger partial charge in [0, 0.05) is 6.04 Å². The number of benzene rings is 2. The van der Waals surface area contributed by atoms with Gasteiger partial charge < -0.3 is 10.0 Å². The van der Waals surface area contributed by atoms with E-state index in [-0.39, 0.29) is 17.9 Å². The minimum absolute atomic E-state index is 0.0801. The van der Waals surface area contributed by atoms with Crippen molar-refractivity contribution in [3.8, 4) is 0 Å². The Bertz CT molecular complexity index is 751. The van der Waals surface area contributed by atoms with Gasteiger partial charge in [-0.1, -0.05) is 42.5 Å². The van der Waals surface area contributed by atoms with Gasteiger partial charge in [-0.25, -0.2) is 4.79 Å². The molecule has 1 amide bonds. The summed E-state index contributed by atoms with van der Waals surface area (Å²) in [6.45, 7) is 3.45. The zero-order valence-corrected chi connectivity index (χ0v) is 13.4. The maximum absolute atomic E-state index is 12.9. The fourth-order valence-electron chi connectivity index (χ4n) is 3.00. The quantitative estimate of drug-likeness (QED) is 0.920. The summed E-state index contributed by atoms with van der Waals surface area (Å²) in [4.78, 5) is 25.7. The molecule has 0 aromatic heterocycles. The summed E-state index contributed by atoms with van der Waals surface area (Å²) < 4.78 is 0. The van der Waals surface area contributed by atoms with E-state index in [1.807, 2.05) is 49.4 Å². The summed E-state index contributed by atoms with van der Waals surface area (Å²) in [5.74, 6) is -1.39. The molecule has 0 bridgehead atoms. The van der Waals surface area contributed by atoms with Crippen molar-refractivity contribution in [1.82, 2.24) is 4.90 Å². The summed E-state index contributed by atoms with van der Waals surface area (Å²) >= 11 is 0. The van der Waals surface area contributed by atoms with Crippen LogP contribution in [0.3, 0.4) is 0 Å². The van der Waals surface area contributed by atoms with Crippen LogP contribution in [0.25, 0.3) is 10.8 Å². The highest BCUT2D eigenvalue weighted by molar-refractivity contribution is 5.90. The maximum atomic E-state index is 12.9. The molecule has 0 heterocycles. The van der Waals surface area contributed by atoms with E-state index >= 15 is 0 Å². The van der Waals surface area contributed by atoms with Crippen molar-refractivity contribution in [2.45, 2.75) is 44.7 Å². The summed E-state index contributed by atoms with van der Waals surface area (Å²) in [7, 11) is 0. The van der Waals surface area contributed by atoms with Crippen molar-refractivity contribution in [1.29, 1.82) is 0 Å². The molecule has 1 aliphatic rings. The number of carboxylic acids is 1. The van der Waals surface area contributed by atoms with Gasteiger partial charge in [0.2, 0.25) is 5.91 Å². The maximum Gasteiger partial charge on any atom is 0.326 e. The molecule has 0 saturated heterocycles. The number of aliphatic carboxylic acids is 1. The SMILES string of the molecule is CC(C(=O)N(C1CC1)C(C)C(=O)O)c1ccc2ccccc2c1. The fourth-order valence-corrected chi connectivity index (χ4v) is 3.00. The third-order valence-electron chi connectivity index (χ3n) is 4.61. The van der Waals surface area contributed by atoms with E-state index in [0.29, 0.717) is 0 Å². The number of nitrogens with zero attached hydrogens (tertiary/aromatic N) is 1. The molecule has 2 atom stereocenters. The van der Waals surface area contributed by atoms with E-state index in [4.69, 9.17) is 0 Å². The Kier molecular flexibility index (Phi) is 4.07. The number of carboxylic acid groups (broad SMARTS) is 1. The van der Waals surface area contributed by atoms with Crippen molar-refractivity contribution in [3.05, 3.63) is 48.0 Å². The average Bonchev–Trinajstić information content (AvgIpc) is 3.38. The Morgan fingerprint density at radius 1 is 1.09 bits per heavy atom. The van der Waals surface area contributed by atoms with Crippen molar-refractivity contribution in [3.63, 3.8) is 0 Å². The molecule has 2 aromatic carbocycles. The van der Waals surface area contributed by atoms with E-state index in [1.54, 1.807) is 11.8 Å². The van der Waals surface area contributed by atoms with E-state index in [0.717, 1.165) is 29.2 Å². The van der Waals surface area contributed by atoms with Gasteiger partial charge >= 0.3 is 5.97 Å². The molecule has 1 fully saturated rings. The lowest BCUT2D eigenvalue weighted by Gasteiger charge is -2.29. The molecule has 0 aliphatic heterocycles. The second-order valence-corrected chi connectivity index (χ2v) is 6.32. The number of rotatable bonds is 5. The number of hydrogen-bond donors (Lipinski definition) is 1. The minimum atomic E-state index is -0.948. The molecule has 0 spiro atoms. The van der Waals surface area contributed by atoms with Crippen molar-refractivity contribution in [2.75, 3.05) is 0 Å². The first-order valence-electron chi connectivity index (χ1n) is 8.02. The second kappa shape index (κ2) is 6.03. The molecule has 120 valence electrons. The third kappa shape index (κ3) is 3.07. The average molecular weight is 311 g/mol. The Balaban J connectivity index is 1.88. The monoisotopic (exact) mass is 311 g/mol. The Hall–Kier alpha value is -2.36.